The predicted molar refractivity (Wildman–Crippen MR) is 68.7 cm³/mol. The van der Waals surface area contributed by atoms with Crippen LogP contribution in [0.3, 0.4) is 0 Å². The molecule has 0 bridgehead atoms. The molecule has 1 heterocycles. The first kappa shape index (κ1) is 10.4. The van der Waals surface area contributed by atoms with E-state index in [0.29, 0.717) is 6.73 Å². The van der Waals surface area contributed by atoms with Gasteiger partial charge in [-0.2, -0.15) is 0 Å². The highest BCUT2D eigenvalue weighted by Crippen LogP contribution is 2.26. The molecule has 0 unspecified atom stereocenters. The van der Waals surface area contributed by atoms with Gasteiger partial charge in [-0.15, -0.1) is 0 Å². The summed E-state index contributed by atoms with van der Waals surface area (Å²) in [5.41, 5.74) is 3.88. The lowest BCUT2D eigenvalue weighted by molar-refractivity contribution is 0.109. The summed E-state index contributed by atoms with van der Waals surface area (Å²) in [6.07, 6.45) is 0. The SMILES string of the molecule is c1ccc(CN2COCc3ccccc32)cc1. The van der Waals surface area contributed by atoms with Crippen LogP contribution in [0.4, 0.5) is 5.69 Å². The average Bonchev–Trinajstić information content (AvgIpc) is 2.40. The number of rotatable bonds is 2. The predicted octanol–water partition coefficient (Wildman–Crippen LogP) is 3.18. The van der Waals surface area contributed by atoms with Crippen LogP contribution in [-0.4, -0.2) is 6.73 Å². The Labute approximate surface area is 101 Å². The standard InChI is InChI=1S/C15H15NO/c1-2-6-13(7-3-1)10-16-12-17-11-14-8-4-5-9-15(14)16/h1-9H,10-12H2. The molecule has 2 nitrogen and oxygen atoms in total. The molecule has 0 radical (unpaired) electrons. The van der Waals surface area contributed by atoms with E-state index in [1.165, 1.54) is 16.8 Å². The minimum absolute atomic E-state index is 0.673. The molecule has 0 fully saturated rings. The van der Waals surface area contributed by atoms with E-state index in [1.807, 2.05) is 6.07 Å². The van der Waals surface area contributed by atoms with Gasteiger partial charge in [0.2, 0.25) is 0 Å². The number of benzene rings is 2. The van der Waals surface area contributed by atoms with Gasteiger partial charge in [0.05, 0.1) is 6.61 Å². The zero-order valence-electron chi connectivity index (χ0n) is 9.67. The van der Waals surface area contributed by atoms with Crippen LogP contribution in [0.5, 0.6) is 0 Å². The minimum atomic E-state index is 0.673. The van der Waals surface area contributed by atoms with Crippen molar-refractivity contribution < 1.29 is 4.74 Å². The van der Waals surface area contributed by atoms with E-state index in [9.17, 15) is 0 Å². The molecule has 0 aliphatic carbocycles. The first-order valence-electron chi connectivity index (χ1n) is 5.88. The normalized spacial score (nSPS) is 14.5. The third-order valence-electron chi connectivity index (χ3n) is 3.05. The van der Waals surface area contributed by atoms with Crippen LogP contribution in [0.15, 0.2) is 54.6 Å². The van der Waals surface area contributed by atoms with Crippen LogP contribution in [0, 0.1) is 0 Å². The molecule has 0 amide bonds. The fourth-order valence-electron chi connectivity index (χ4n) is 2.21. The van der Waals surface area contributed by atoms with Gasteiger partial charge in [-0.25, -0.2) is 0 Å². The van der Waals surface area contributed by atoms with Crippen LogP contribution >= 0.6 is 0 Å². The van der Waals surface area contributed by atoms with Crippen molar-refractivity contribution in [1.29, 1.82) is 0 Å². The van der Waals surface area contributed by atoms with Gasteiger partial charge in [-0.1, -0.05) is 48.5 Å². The molecule has 0 atom stereocenters. The Bertz CT molecular complexity index is 495. The minimum Gasteiger partial charge on any atom is -0.356 e. The Hall–Kier alpha value is -1.80. The number of fused-ring (bicyclic) bond motifs is 1. The molecule has 1 aliphatic rings. The number of nitrogens with zero attached hydrogens (tertiary/aromatic N) is 1. The molecule has 0 saturated heterocycles. The Kier molecular flexibility index (Phi) is 2.80. The van der Waals surface area contributed by atoms with Crippen molar-refractivity contribution in [3.05, 3.63) is 65.7 Å². The second-order valence-electron chi connectivity index (χ2n) is 4.29. The summed E-state index contributed by atoms with van der Waals surface area (Å²) in [5, 5.41) is 0. The molecule has 86 valence electrons. The highest BCUT2D eigenvalue weighted by Gasteiger charge is 2.16. The molecule has 1 aliphatic heterocycles. The number of hydrogen-bond acceptors (Lipinski definition) is 2. The lowest BCUT2D eigenvalue weighted by Gasteiger charge is -2.31. The third-order valence-corrected chi connectivity index (χ3v) is 3.05. The van der Waals surface area contributed by atoms with E-state index in [-0.39, 0.29) is 0 Å². The Morgan fingerprint density at radius 1 is 0.941 bits per heavy atom. The van der Waals surface area contributed by atoms with Crippen LogP contribution in [0.2, 0.25) is 0 Å². The van der Waals surface area contributed by atoms with Gasteiger partial charge in [-0.05, 0) is 11.6 Å². The first-order valence-corrected chi connectivity index (χ1v) is 5.88. The highest BCUT2D eigenvalue weighted by atomic mass is 16.5. The molecule has 0 saturated carbocycles. The second kappa shape index (κ2) is 4.60. The van der Waals surface area contributed by atoms with E-state index >= 15 is 0 Å². The Balaban J connectivity index is 1.86. The molecule has 0 spiro atoms. The van der Waals surface area contributed by atoms with Crippen LogP contribution in [-0.2, 0) is 17.9 Å². The van der Waals surface area contributed by atoms with Crippen molar-refractivity contribution >= 4 is 5.69 Å². The van der Waals surface area contributed by atoms with E-state index in [4.69, 9.17) is 4.74 Å². The van der Waals surface area contributed by atoms with Crippen molar-refractivity contribution in [1.82, 2.24) is 0 Å². The molecular formula is C15H15NO. The van der Waals surface area contributed by atoms with Crippen molar-refractivity contribution in [2.24, 2.45) is 0 Å². The maximum Gasteiger partial charge on any atom is 0.119 e. The summed E-state index contributed by atoms with van der Waals surface area (Å²) in [5.74, 6) is 0. The zero-order valence-corrected chi connectivity index (χ0v) is 9.67. The Morgan fingerprint density at radius 2 is 1.71 bits per heavy atom. The second-order valence-corrected chi connectivity index (χ2v) is 4.29. The van der Waals surface area contributed by atoms with Crippen molar-refractivity contribution in [3.63, 3.8) is 0 Å². The average molecular weight is 225 g/mol. The summed E-state index contributed by atoms with van der Waals surface area (Å²) in [7, 11) is 0. The number of ether oxygens (including phenoxy) is 1. The topological polar surface area (TPSA) is 12.5 Å². The van der Waals surface area contributed by atoms with Crippen molar-refractivity contribution in [2.75, 3.05) is 11.6 Å². The molecule has 3 rings (SSSR count). The quantitative estimate of drug-likeness (QED) is 0.778. The monoisotopic (exact) mass is 225 g/mol. The number of para-hydroxylation sites is 1. The maximum atomic E-state index is 5.61. The van der Waals surface area contributed by atoms with Gasteiger partial charge >= 0.3 is 0 Å². The van der Waals surface area contributed by atoms with Gasteiger partial charge in [-0.3, -0.25) is 0 Å². The largest absolute Gasteiger partial charge is 0.356 e. The van der Waals surface area contributed by atoms with Gasteiger partial charge in [0.1, 0.15) is 6.73 Å². The summed E-state index contributed by atoms with van der Waals surface area (Å²) >= 11 is 0. The lowest BCUT2D eigenvalue weighted by atomic mass is 10.1. The summed E-state index contributed by atoms with van der Waals surface area (Å²) in [6.45, 7) is 2.30. The lowest BCUT2D eigenvalue weighted by Crippen LogP contribution is -2.30. The highest BCUT2D eigenvalue weighted by molar-refractivity contribution is 5.54. The molecule has 2 heteroatoms. The first-order chi connectivity index (χ1) is 8.43. The summed E-state index contributed by atoms with van der Waals surface area (Å²) in [4.78, 5) is 2.27. The maximum absolute atomic E-state index is 5.61. The Morgan fingerprint density at radius 3 is 2.59 bits per heavy atom. The van der Waals surface area contributed by atoms with Crippen LogP contribution in [0.1, 0.15) is 11.1 Å². The van der Waals surface area contributed by atoms with Gasteiger partial charge in [0, 0.05) is 17.8 Å². The van der Waals surface area contributed by atoms with Crippen molar-refractivity contribution in [2.45, 2.75) is 13.2 Å². The van der Waals surface area contributed by atoms with Crippen molar-refractivity contribution in [3.8, 4) is 0 Å². The molecule has 0 N–H and O–H groups in total. The number of anilines is 1. The smallest absolute Gasteiger partial charge is 0.119 e. The molecule has 0 aromatic heterocycles. The number of hydrogen-bond donors (Lipinski definition) is 0. The molecular weight excluding hydrogens is 210 g/mol. The van der Waals surface area contributed by atoms with Gasteiger partial charge in [0.25, 0.3) is 0 Å². The van der Waals surface area contributed by atoms with Gasteiger partial charge in [0.15, 0.2) is 0 Å². The van der Waals surface area contributed by atoms with Crippen LogP contribution < -0.4 is 4.90 Å². The van der Waals surface area contributed by atoms with E-state index in [1.54, 1.807) is 0 Å². The molecule has 17 heavy (non-hydrogen) atoms. The summed E-state index contributed by atoms with van der Waals surface area (Å²) in [6, 6.07) is 18.9. The molecule has 2 aromatic rings. The third kappa shape index (κ3) is 2.17. The fraction of sp³-hybridized carbons (Fsp3) is 0.200. The van der Waals surface area contributed by atoms with E-state index < -0.39 is 0 Å². The fourth-order valence-corrected chi connectivity index (χ4v) is 2.21. The summed E-state index contributed by atoms with van der Waals surface area (Å²) < 4.78 is 5.61. The van der Waals surface area contributed by atoms with E-state index in [2.05, 4.69) is 53.4 Å². The van der Waals surface area contributed by atoms with E-state index in [0.717, 1.165) is 13.2 Å². The molecule has 2 aromatic carbocycles. The van der Waals surface area contributed by atoms with Gasteiger partial charge < -0.3 is 9.64 Å². The zero-order chi connectivity index (χ0) is 11.5. The van der Waals surface area contributed by atoms with Crippen LogP contribution in [0.25, 0.3) is 0 Å².